The Morgan fingerprint density at radius 2 is 1.79 bits per heavy atom. The Labute approximate surface area is 124 Å². The van der Waals surface area contributed by atoms with E-state index in [4.69, 9.17) is 9.47 Å². The summed E-state index contributed by atoms with van der Waals surface area (Å²) >= 11 is 3.50. The van der Waals surface area contributed by atoms with Crippen molar-refractivity contribution in [3.63, 3.8) is 0 Å². The van der Waals surface area contributed by atoms with Crippen molar-refractivity contribution in [3.8, 4) is 11.5 Å². The van der Waals surface area contributed by atoms with Crippen LogP contribution in [0.2, 0.25) is 0 Å². The minimum atomic E-state index is 0.477. The monoisotopic (exact) mass is 329 g/mol. The van der Waals surface area contributed by atoms with E-state index in [1.54, 1.807) is 0 Å². The minimum Gasteiger partial charge on any atom is -0.490 e. The van der Waals surface area contributed by atoms with Gasteiger partial charge in [0.15, 0.2) is 11.5 Å². The standard InChI is InChI=1S/C15H24BrNO2/c1-4-18-14-7-5-6-8-15(14)19-10-9-17-13(3)12(2)11-16/h5-8,12-13,17H,4,9-11H2,1-3H3. The third-order valence-corrected chi connectivity index (χ3v) is 4.09. The van der Waals surface area contributed by atoms with Crippen molar-refractivity contribution in [2.75, 3.05) is 25.1 Å². The lowest BCUT2D eigenvalue weighted by molar-refractivity contribution is 0.268. The lowest BCUT2D eigenvalue weighted by Crippen LogP contribution is -2.35. The summed E-state index contributed by atoms with van der Waals surface area (Å²) in [6.45, 7) is 8.51. The summed E-state index contributed by atoms with van der Waals surface area (Å²) in [5.74, 6) is 2.23. The highest BCUT2D eigenvalue weighted by Gasteiger charge is 2.09. The van der Waals surface area contributed by atoms with Crippen LogP contribution < -0.4 is 14.8 Å². The van der Waals surface area contributed by atoms with Crippen LogP contribution >= 0.6 is 15.9 Å². The molecule has 0 amide bonds. The summed E-state index contributed by atoms with van der Waals surface area (Å²) in [6, 6.07) is 8.26. The molecule has 2 unspecified atom stereocenters. The maximum atomic E-state index is 5.75. The number of para-hydroxylation sites is 2. The van der Waals surface area contributed by atoms with E-state index in [-0.39, 0.29) is 0 Å². The Morgan fingerprint density at radius 1 is 1.16 bits per heavy atom. The van der Waals surface area contributed by atoms with E-state index in [0.717, 1.165) is 23.4 Å². The Kier molecular flexibility index (Phi) is 7.91. The van der Waals surface area contributed by atoms with Crippen LogP contribution in [0.15, 0.2) is 24.3 Å². The first-order valence-corrected chi connectivity index (χ1v) is 7.95. The van der Waals surface area contributed by atoms with E-state index in [1.165, 1.54) is 0 Å². The van der Waals surface area contributed by atoms with Crippen molar-refractivity contribution in [1.82, 2.24) is 5.32 Å². The first kappa shape index (κ1) is 16.3. The Balaban J connectivity index is 2.33. The summed E-state index contributed by atoms with van der Waals surface area (Å²) in [4.78, 5) is 0. The molecule has 108 valence electrons. The first-order valence-electron chi connectivity index (χ1n) is 6.83. The number of nitrogens with one attached hydrogen (secondary N) is 1. The van der Waals surface area contributed by atoms with Crippen molar-refractivity contribution < 1.29 is 9.47 Å². The van der Waals surface area contributed by atoms with Crippen LogP contribution in [0.3, 0.4) is 0 Å². The highest BCUT2D eigenvalue weighted by Crippen LogP contribution is 2.26. The molecular weight excluding hydrogens is 306 g/mol. The predicted octanol–water partition coefficient (Wildman–Crippen LogP) is 3.47. The highest BCUT2D eigenvalue weighted by molar-refractivity contribution is 9.09. The summed E-state index contributed by atoms with van der Waals surface area (Å²) < 4.78 is 11.3. The molecule has 0 aromatic heterocycles. The third kappa shape index (κ3) is 5.83. The second-order valence-electron chi connectivity index (χ2n) is 4.60. The highest BCUT2D eigenvalue weighted by atomic mass is 79.9. The van der Waals surface area contributed by atoms with Gasteiger partial charge in [0.2, 0.25) is 0 Å². The molecular formula is C15H24BrNO2. The van der Waals surface area contributed by atoms with Gasteiger partial charge in [-0.25, -0.2) is 0 Å². The average Bonchev–Trinajstić information content (AvgIpc) is 2.44. The van der Waals surface area contributed by atoms with Gasteiger partial charge in [0.1, 0.15) is 6.61 Å². The zero-order chi connectivity index (χ0) is 14.1. The molecule has 19 heavy (non-hydrogen) atoms. The van der Waals surface area contributed by atoms with Gasteiger partial charge < -0.3 is 14.8 Å². The largest absolute Gasteiger partial charge is 0.490 e. The van der Waals surface area contributed by atoms with Gasteiger partial charge in [0.25, 0.3) is 0 Å². The predicted molar refractivity (Wildman–Crippen MR) is 83.5 cm³/mol. The molecule has 1 aromatic rings. The molecule has 0 saturated carbocycles. The van der Waals surface area contributed by atoms with Gasteiger partial charge >= 0.3 is 0 Å². The zero-order valence-corrected chi connectivity index (χ0v) is 13.6. The number of hydrogen-bond acceptors (Lipinski definition) is 3. The van der Waals surface area contributed by atoms with Crippen LogP contribution in [-0.4, -0.2) is 31.1 Å². The SMILES string of the molecule is CCOc1ccccc1OCCNC(C)C(C)CBr. The molecule has 0 spiro atoms. The first-order chi connectivity index (χ1) is 9.19. The molecule has 0 heterocycles. The van der Waals surface area contributed by atoms with Crippen LogP contribution in [0, 0.1) is 5.92 Å². The van der Waals surface area contributed by atoms with E-state index in [9.17, 15) is 0 Å². The van der Waals surface area contributed by atoms with Gasteiger partial charge in [0, 0.05) is 17.9 Å². The molecule has 0 aliphatic heterocycles. The number of benzene rings is 1. The Bertz CT molecular complexity index is 360. The molecule has 0 aliphatic carbocycles. The molecule has 0 aliphatic rings. The molecule has 1 N–H and O–H groups in total. The summed E-state index contributed by atoms with van der Waals surface area (Å²) in [5, 5.41) is 4.47. The molecule has 0 bridgehead atoms. The summed E-state index contributed by atoms with van der Waals surface area (Å²) in [7, 11) is 0. The lowest BCUT2D eigenvalue weighted by atomic mass is 10.1. The second kappa shape index (κ2) is 9.21. The zero-order valence-electron chi connectivity index (χ0n) is 12.0. The third-order valence-electron chi connectivity index (χ3n) is 3.07. The second-order valence-corrected chi connectivity index (χ2v) is 5.25. The summed E-state index contributed by atoms with van der Waals surface area (Å²) in [6.07, 6.45) is 0. The van der Waals surface area contributed by atoms with Crippen LogP contribution in [0.5, 0.6) is 11.5 Å². The van der Waals surface area contributed by atoms with E-state index in [0.29, 0.717) is 25.2 Å². The number of ether oxygens (including phenoxy) is 2. The number of rotatable bonds is 9. The van der Waals surface area contributed by atoms with Gasteiger partial charge in [-0.1, -0.05) is 35.0 Å². The number of hydrogen-bond donors (Lipinski definition) is 1. The van der Waals surface area contributed by atoms with Gasteiger partial charge in [-0.05, 0) is 31.9 Å². The van der Waals surface area contributed by atoms with Crippen LogP contribution in [0.1, 0.15) is 20.8 Å². The Hall–Kier alpha value is -0.740. The van der Waals surface area contributed by atoms with Gasteiger partial charge in [0.05, 0.1) is 6.61 Å². The van der Waals surface area contributed by atoms with E-state index < -0.39 is 0 Å². The van der Waals surface area contributed by atoms with Gasteiger partial charge in [-0.15, -0.1) is 0 Å². The van der Waals surface area contributed by atoms with Crippen molar-refractivity contribution in [3.05, 3.63) is 24.3 Å². The van der Waals surface area contributed by atoms with Crippen LogP contribution in [0.25, 0.3) is 0 Å². The van der Waals surface area contributed by atoms with Crippen molar-refractivity contribution >= 4 is 15.9 Å². The fourth-order valence-corrected chi connectivity index (χ4v) is 2.19. The van der Waals surface area contributed by atoms with E-state index in [1.807, 2.05) is 31.2 Å². The van der Waals surface area contributed by atoms with Crippen LogP contribution in [-0.2, 0) is 0 Å². The molecule has 0 fully saturated rings. The van der Waals surface area contributed by atoms with Gasteiger partial charge in [-0.3, -0.25) is 0 Å². The molecule has 0 radical (unpaired) electrons. The van der Waals surface area contributed by atoms with Gasteiger partial charge in [-0.2, -0.15) is 0 Å². The maximum Gasteiger partial charge on any atom is 0.161 e. The fraction of sp³-hybridized carbons (Fsp3) is 0.600. The molecule has 1 aromatic carbocycles. The normalized spacial score (nSPS) is 13.9. The molecule has 1 rings (SSSR count). The lowest BCUT2D eigenvalue weighted by Gasteiger charge is -2.19. The van der Waals surface area contributed by atoms with Crippen molar-refractivity contribution in [2.24, 2.45) is 5.92 Å². The smallest absolute Gasteiger partial charge is 0.161 e. The number of alkyl halides is 1. The molecule has 0 saturated heterocycles. The molecule has 4 heteroatoms. The average molecular weight is 330 g/mol. The number of halogens is 1. The Morgan fingerprint density at radius 3 is 2.37 bits per heavy atom. The fourth-order valence-electron chi connectivity index (χ4n) is 1.63. The summed E-state index contributed by atoms with van der Waals surface area (Å²) in [5.41, 5.74) is 0. The molecule has 3 nitrogen and oxygen atoms in total. The van der Waals surface area contributed by atoms with Crippen molar-refractivity contribution in [1.29, 1.82) is 0 Å². The van der Waals surface area contributed by atoms with E-state index in [2.05, 4.69) is 35.1 Å². The van der Waals surface area contributed by atoms with E-state index >= 15 is 0 Å². The molecule has 2 atom stereocenters. The quantitative estimate of drug-likeness (QED) is 0.555. The minimum absolute atomic E-state index is 0.477. The van der Waals surface area contributed by atoms with Crippen molar-refractivity contribution in [2.45, 2.75) is 26.8 Å². The topological polar surface area (TPSA) is 30.5 Å². The maximum absolute atomic E-state index is 5.75. The van der Waals surface area contributed by atoms with Crippen LogP contribution in [0.4, 0.5) is 0 Å².